The molecule has 0 fully saturated rings. The number of carbonyl (C=O) groups is 1. The number of hydrogen-bond acceptors (Lipinski definition) is 4. The molecule has 0 saturated heterocycles. The predicted octanol–water partition coefficient (Wildman–Crippen LogP) is 4.93. The summed E-state index contributed by atoms with van der Waals surface area (Å²) in [7, 11) is 1.60. The van der Waals surface area contributed by atoms with E-state index in [0.29, 0.717) is 31.2 Å². The van der Waals surface area contributed by atoms with Gasteiger partial charge in [0, 0.05) is 19.7 Å². The summed E-state index contributed by atoms with van der Waals surface area (Å²) in [6.07, 6.45) is 0.652. The van der Waals surface area contributed by atoms with Crippen molar-refractivity contribution in [3.63, 3.8) is 0 Å². The standard InChI is InChI=1S/C25H31FN4O3/c1-5-23-22(17-29(15-16-32-4)25(31)27-18(2)3)24(33-21-13-11-19(26)12-14-21)30(28-23)20-9-7-6-8-10-20/h6-14,18H,5,15-17H2,1-4H3,(H,27,31). The van der Waals surface area contributed by atoms with Crippen LogP contribution in [0.15, 0.2) is 54.6 Å². The maximum Gasteiger partial charge on any atom is 0.317 e. The van der Waals surface area contributed by atoms with Crippen molar-refractivity contribution >= 4 is 6.03 Å². The number of nitrogens with one attached hydrogen (secondary N) is 1. The van der Waals surface area contributed by atoms with E-state index in [1.807, 2.05) is 51.1 Å². The monoisotopic (exact) mass is 454 g/mol. The molecule has 33 heavy (non-hydrogen) atoms. The maximum atomic E-state index is 13.5. The molecule has 1 heterocycles. The molecule has 0 spiro atoms. The van der Waals surface area contributed by atoms with Gasteiger partial charge in [-0.05, 0) is 56.7 Å². The predicted molar refractivity (Wildman–Crippen MR) is 125 cm³/mol. The first-order valence-electron chi connectivity index (χ1n) is 11.1. The van der Waals surface area contributed by atoms with Crippen LogP contribution in [0.1, 0.15) is 32.0 Å². The van der Waals surface area contributed by atoms with E-state index >= 15 is 0 Å². The first-order valence-corrected chi connectivity index (χ1v) is 11.1. The Morgan fingerprint density at radius 2 is 1.85 bits per heavy atom. The third-order valence-electron chi connectivity index (χ3n) is 5.00. The maximum absolute atomic E-state index is 13.5. The van der Waals surface area contributed by atoms with Gasteiger partial charge >= 0.3 is 6.03 Å². The lowest BCUT2D eigenvalue weighted by Crippen LogP contribution is -2.44. The zero-order chi connectivity index (χ0) is 23.8. The molecule has 7 nitrogen and oxygen atoms in total. The largest absolute Gasteiger partial charge is 0.439 e. The number of amides is 2. The average molecular weight is 455 g/mol. The molecule has 2 amide bonds. The lowest BCUT2D eigenvalue weighted by atomic mass is 10.2. The molecule has 1 N–H and O–H groups in total. The van der Waals surface area contributed by atoms with Crippen LogP contribution >= 0.6 is 0 Å². The van der Waals surface area contributed by atoms with Gasteiger partial charge in [-0.15, -0.1) is 0 Å². The van der Waals surface area contributed by atoms with Crippen LogP contribution in [-0.4, -0.2) is 47.0 Å². The second-order valence-corrected chi connectivity index (χ2v) is 7.91. The number of aromatic nitrogens is 2. The summed E-state index contributed by atoms with van der Waals surface area (Å²) in [4.78, 5) is 14.6. The smallest absolute Gasteiger partial charge is 0.317 e. The van der Waals surface area contributed by atoms with Gasteiger partial charge in [0.25, 0.3) is 0 Å². The number of rotatable bonds is 10. The molecule has 3 aromatic rings. The third-order valence-corrected chi connectivity index (χ3v) is 5.00. The number of ether oxygens (including phenoxy) is 2. The topological polar surface area (TPSA) is 68.6 Å². The van der Waals surface area contributed by atoms with Gasteiger partial charge in [0.2, 0.25) is 5.88 Å². The Balaban J connectivity index is 2.06. The minimum Gasteiger partial charge on any atom is -0.439 e. The van der Waals surface area contributed by atoms with Gasteiger partial charge in [0.15, 0.2) is 0 Å². The van der Waals surface area contributed by atoms with Crippen LogP contribution in [-0.2, 0) is 17.7 Å². The average Bonchev–Trinajstić information content (AvgIpc) is 3.15. The van der Waals surface area contributed by atoms with Crippen LogP contribution in [0, 0.1) is 5.82 Å². The minimum absolute atomic E-state index is 0.00447. The molecule has 0 atom stereocenters. The van der Waals surface area contributed by atoms with Crippen molar-refractivity contribution in [2.24, 2.45) is 0 Å². The van der Waals surface area contributed by atoms with E-state index in [4.69, 9.17) is 14.6 Å². The quantitative estimate of drug-likeness (QED) is 0.472. The number of urea groups is 1. The molecule has 0 bridgehead atoms. The first-order chi connectivity index (χ1) is 15.9. The third kappa shape index (κ3) is 6.32. The van der Waals surface area contributed by atoms with Crippen molar-refractivity contribution in [1.29, 1.82) is 0 Å². The number of nitrogens with zero attached hydrogens (tertiary/aromatic N) is 3. The van der Waals surface area contributed by atoms with Gasteiger partial charge in [0.05, 0.1) is 30.1 Å². The molecule has 8 heteroatoms. The lowest BCUT2D eigenvalue weighted by molar-refractivity contribution is 0.145. The molecular weight excluding hydrogens is 423 g/mol. The molecule has 0 radical (unpaired) electrons. The number of carbonyl (C=O) groups excluding carboxylic acids is 1. The SMILES string of the molecule is CCc1nn(-c2ccccc2)c(Oc2ccc(F)cc2)c1CN(CCOC)C(=O)NC(C)C. The number of aryl methyl sites for hydroxylation is 1. The zero-order valence-corrected chi connectivity index (χ0v) is 19.5. The zero-order valence-electron chi connectivity index (χ0n) is 19.5. The van der Waals surface area contributed by atoms with E-state index in [1.165, 1.54) is 12.1 Å². The van der Waals surface area contributed by atoms with Crippen LogP contribution in [0.25, 0.3) is 5.69 Å². The van der Waals surface area contributed by atoms with E-state index in [0.717, 1.165) is 16.9 Å². The van der Waals surface area contributed by atoms with Crippen molar-refractivity contribution in [3.8, 4) is 17.3 Å². The van der Waals surface area contributed by atoms with Crippen LogP contribution in [0.4, 0.5) is 9.18 Å². The van der Waals surface area contributed by atoms with Gasteiger partial charge in [-0.3, -0.25) is 0 Å². The fourth-order valence-electron chi connectivity index (χ4n) is 3.37. The molecule has 2 aromatic carbocycles. The molecule has 1 aromatic heterocycles. The Kier molecular flexibility index (Phi) is 8.43. The summed E-state index contributed by atoms with van der Waals surface area (Å²) < 4.78 is 26.7. The lowest BCUT2D eigenvalue weighted by Gasteiger charge is -2.24. The van der Waals surface area contributed by atoms with E-state index in [-0.39, 0.29) is 24.4 Å². The number of para-hydroxylation sites is 1. The Morgan fingerprint density at radius 3 is 2.45 bits per heavy atom. The summed E-state index contributed by atoms with van der Waals surface area (Å²) in [5.74, 6) is 0.626. The Hall–Kier alpha value is -3.39. The van der Waals surface area contributed by atoms with Crippen molar-refractivity contribution in [2.45, 2.75) is 39.8 Å². The summed E-state index contributed by atoms with van der Waals surface area (Å²) in [5, 5.41) is 7.74. The van der Waals surface area contributed by atoms with E-state index in [1.54, 1.807) is 28.8 Å². The molecule has 0 aliphatic carbocycles. The second-order valence-electron chi connectivity index (χ2n) is 7.91. The van der Waals surface area contributed by atoms with Gasteiger partial charge < -0.3 is 19.7 Å². The Morgan fingerprint density at radius 1 is 1.15 bits per heavy atom. The van der Waals surface area contributed by atoms with Gasteiger partial charge in [-0.1, -0.05) is 25.1 Å². The first kappa shape index (κ1) is 24.3. The number of benzene rings is 2. The molecule has 0 aliphatic heterocycles. The Bertz CT molecular complexity index is 1040. The molecule has 176 valence electrons. The highest BCUT2D eigenvalue weighted by Crippen LogP contribution is 2.32. The van der Waals surface area contributed by atoms with Gasteiger partial charge in [0.1, 0.15) is 11.6 Å². The van der Waals surface area contributed by atoms with Crippen molar-refractivity contribution in [3.05, 3.63) is 71.7 Å². The molecule has 0 saturated carbocycles. The van der Waals surface area contributed by atoms with Crippen LogP contribution < -0.4 is 10.1 Å². The minimum atomic E-state index is -0.343. The summed E-state index contributed by atoms with van der Waals surface area (Å²) in [6.45, 7) is 6.93. The fourth-order valence-corrected chi connectivity index (χ4v) is 3.37. The highest BCUT2D eigenvalue weighted by atomic mass is 19.1. The molecule has 0 aliphatic rings. The normalized spacial score (nSPS) is 11.0. The number of halogens is 1. The van der Waals surface area contributed by atoms with E-state index in [2.05, 4.69) is 5.32 Å². The van der Waals surface area contributed by atoms with Crippen molar-refractivity contribution in [1.82, 2.24) is 20.0 Å². The van der Waals surface area contributed by atoms with E-state index < -0.39 is 0 Å². The van der Waals surface area contributed by atoms with Crippen LogP contribution in [0.3, 0.4) is 0 Å². The van der Waals surface area contributed by atoms with Crippen molar-refractivity contribution in [2.75, 3.05) is 20.3 Å². The highest BCUT2D eigenvalue weighted by molar-refractivity contribution is 5.74. The molecule has 0 unspecified atom stereocenters. The van der Waals surface area contributed by atoms with Crippen LogP contribution in [0.2, 0.25) is 0 Å². The fraction of sp³-hybridized carbons (Fsp3) is 0.360. The summed E-state index contributed by atoms with van der Waals surface area (Å²) in [5.41, 5.74) is 2.43. The number of hydrogen-bond donors (Lipinski definition) is 1. The molecule has 3 rings (SSSR count). The van der Waals surface area contributed by atoms with Gasteiger partial charge in [-0.25, -0.2) is 13.9 Å². The number of methoxy groups -OCH3 is 1. The summed E-state index contributed by atoms with van der Waals surface area (Å²) in [6, 6.07) is 15.3. The van der Waals surface area contributed by atoms with Crippen molar-refractivity contribution < 1.29 is 18.7 Å². The van der Waals surface area contributed by atoms with E-state index in [9.17, 15) is 9.18 Å². The second kappa shape index (κ2) is 11.5. The molecular formula is C25H31FN4O3. The van der Waals surface area contributed by atoms with Gasteiger partial charge in [-0.2, -0.15) is 5.10 Å². The summed E-state index contributed by atoms with van der Waals surface area (Å²) >= 11 is 0. The Labute approximate surface area is 194 Å². The van der Waals surface area contributed by atoms with Crippen LogP contribution in [0.5, 0.6) is 11.6 Å². The highest BCUT2D eigenvalue weighted by Gasteiger charge is 2.25.